The summed E-state index contributed by atoms with van der Waals surface area (Å²) in [6.45, 7) is 8.39. The Morgan fingerprint density at radius 3 is 2.61 bits per heavy atom. The maximum Gasteiger partial charge on any atom is 0.258 e. The topological polar surface area (TPSA) is 87.8 Å². The van der Waals surface area contributed by atoms with E-state index < -0.39 is 22.2 Å². The molecule has 0 aliphatic heterocycles. The Hall–Kier alpha value is -2.16. The molecular weight excluding hydrogens is 410 g/mol. The quantitative estimate of drug-likeness (QED) is 0.596. The zero-order chi connectivity index (χ0) is 22.0. The van der Waals surface area contributed by atoms with Crippen LogP contribution in [-0.2, 0) is 23.4 Å². The molecule has 3 aliphatic rings. The van der Waals surface area contributed by atoms with E-state index in [1.165, 1.54) is 19.3 Å². The molecule has 0 radical (unpaired) electrons. The number of pyridine rings is 1. The van der Waals surface area contributed by atoms with Crippen LogP contribution in [0.25, 0.3) is 10.8 Å². The van der Waals surface area contributed by atoms with E-state index in [9.17, 15) is 9.35 Å². The number of nitrogens with zero attached hydrogens (tertiary/aromatic N) is 4. The highest BCUT2D eigenvalue weighted by Crippen LogP contribution is 2.61. The summed E-state index contributed by atoms with van der Waals surface area (Å²) in [5.74, 6) is 0.841. The molecule has 0 amide bonds. The van der Waals surface area contributed by atoms with Crippen molar-refractivity contribution in [1.82, 2.24) is 24.3 Å². The van der Waals surface area contributed by atoms with E-state index in [0.717, 1.165) is 22.6 Å². The van der Waals surface area contributed by atoms with Crippen LogP contribution in [0.2, 0.25) is 0 Å². The van der Waals surface area contributed by atoms with E-state index in [0.29, 0.717) is 11.9 Å². The lowest BCUT2D eigenvalue weighted by atomic mass is 9.50. The highest BCUT2D eigenvalue weighted by atomic mass is 32.2. The summed E-state index contributed by atoms with van der Waals surface area (Å²) in [6.07, 6.45) is 7.34. The number of benzene rings is 1. The average Bonchev–Trinajstić information content (AvgIpc) is 3.12. The van der Waals surface area contributed by atoms with Crippen LogP contribution < -0.4 is 10.3 Å². The fourth-order valence-corrected chi connectivity index (χ4v) is 5.58. The van der Waals surface area contributed by atoms with Gasteiger partial charge in [-0.15, -0.1) is 9.82 Å². The molecule has 3 aliphatic carbocycles. The van der Waals surface area contributed by atoms with Crippen molar-refractivity contribution >= 4 is 22.1 Å². The summed E-state index contributed by atoms with van der Waals surface area (Å²) in [6, 6.07) is 7.26. The lowest BCUT2D eigenvalue weighted by Gasteiger charge is -2.61. The van der Waals surface area contributed by atoms with Gasteiger partial charge in [-0.2, -0.15) is 0 Å². The minimum Gasteiger partial charge on any atom is -0.598 e. The molecule has 2 heterocycles. The Labute approximate surface area is 185 Å². The van der Waals surface area contributed by atoms with E-state index in [2.05, 4.69) is 15.0 Å². The molecular formula is C23H29N5O2S. The molecule has 3 saturated carbocycles. The van der Waals surface area contributed by atoms with E-state index in [1.54, 1.807) is 4.57 Å². The SMILES string of the molecule is CCn1ccc2c([C@H](N[S@@+]([O-])C(C)(C)C)c3cn(C45CC(C4)C5)nn3)cccc2c1=O. The Kier molecular flexibility index (Phi) is 4.80. The minimum atomic E-state index is -1.32. The van der Waals surface area contributed by atoms with Crippen LogP contribution in [0.5, 0.6) is 0 Å². The fourth-order valence-electron chi connectivity index (χ4n) is 4.76. The molecule has 2 bridgehead atoms. The van der Waals surface area contributed by atoms with Crippen LogP contribution >= 0.6 is 0 Å². The smallest absolute Gasteiger partial charge is 0.258 e. The predicted molar refractivity (Wildman–Crippen MR) is 122 cm³/mol. The van der Waals surface area contributed by atoms with Crippen molar-refractivity contribution in [2.45, 2.75) is 69.8 Å². The van der Waals surface area contributed by atoms with Gasteiger partial charge in [0.2, 0.25) is 0 Å². The summed E-state index contributed by atoms with van der Waals surface area (Å²) < 4.78 is 19.6. The predicted octanol–water partition coefficient (Wildman–Crippen LogP) is 3.26. The van der Waals surface area contributed by atoms with Crippen LogP contribution in [0.3, 0.4) is 0 Å². The number of aryl methyl sites for hydroxylation is 1. The van der Waals surface area contributed by atoms with Gasteiger partial charge in [0.25, 0.3) is 5.56 Å². The average molecular weight is 440 g/mol. The van der Waals surface area contributed by atoms with Crippen molar-refractivity contribution in [3.63, 3.8) is 0 Å². The number of hydrogen-bond acceptors (Lipinski definition) is 5. The summed E-state index contributed by atoms with van der Waals surface area (Å²) in [7, 11) is 0. The molecule has 1 aromatic carbocycles. The van der Waals surface area contributed by atoms with Crippen molar-refractivity contribution in [2.24, 2.45) is 5.92 Å². The zero-order valence-electron chi connectivity index (χ0n) is 18.5. The molecule has 1 N–H and O–H groups in total. The first-order chi connectivity index (χ1) is 14.7. The Morgan fingerprint density at radius 2 is 2.00 bits per heavy atom. The van der Waals surface area contributed by atoms with E-state index in [4.69, 9.17) is 0 Å². The molecule has 6 rings (SSSR count). The van der Waals surface area contributed by atoms with Crippen LogP contribution in [0.1, 0.15) is 64.3 Å². The second-order valence-corrected chi connectivity index (χ2v) is 11.9. The van der Waals surface area contributed by atoms with Crippen LogP contribution in [0.4, 0.5) is 0 Å². The van der Waals surface area contributed by atoms with Gasteiger partial charge in [0.15, 0.2) is 0 Å². The zero-order valence-corrected chi connectivity index (χ0v) is 19.3. The largest absolute Gasteiger partial charge is 0.598 e. The molecule has 31 heavy (non-hydrogen) atoms. The third-order valence-corrected chi connectivity index (χ3v) is 8.35. The summed E-state index contributed by atoms with van der Waals surface area (Å²) >= 11 is -1.32. The summed E-state index contributed by atoms with van der Waals surface area (Å²) in [4.78, 5) is 12.9. The van der Waals surface area contributed by atoms with Gasteiger partial charge in [0, 0.05) is 29.5 Å². The van der Waals surface area contributed by atoms with E-state index in [-0.39, 0.29) is 11.1 Å². The molecule has 7 nitrogen and oxygen atoms in total. The number of rotatable bonds is 6. The molecule has 8 heteroatoms. The molecule has 3 fully saturated rings. The molecule has 2 aromatic heterocycles. The fraction of sp³-hybridized carbons (Fsp3) is 0.522. The van der Waals surface area contributed by atoms with Gasteiger partial charge in [-0.3, -0.25) is 4.79 Å². The number of nitrogens with one attached hydrogen (secondary N) is 1. The van der Waals surface area contributed by atoms with Crippen LogP contribution in [0, 0.1) is 5.92 Å². The van der Waals surface area contributed by atoms with Gasteiger partial charge in [0.1, 0.15) is 16.5 Å². The number of hydrogen-bond donors (Lipinski definition) is 1. The second kappa shape index (κ2) is 7.18. The molecule has 0 unspecified atom stereocenters. The van der Waals surface area contributed by atoms with Crippen molar-refractivity contribution < 1.29 is 4.55 Å². The van der Waals surface area contributed by atoms with Crippen LogP contribution in [-0.4, -0.2) is 28.9 Å². The lowest BCUT2D eigenvalue weighted by molar-refractivity contribution is -0.0989. The first kappa shape index (κ1) is 20.7. The normalized spacial score (nSPS) is 24.5. The summed E-state index contributed by atoms with van der Waals surface area (Å²) in [5, 5.41) is 10.4. The molecule has 2 atom stereocenters. The molecule has 0 saturated heterocycles. The van der Waals surface area contributed by atoms with Gasteiger partial charge in [-0.05, 0) is 76.0 Å². The Morgan fingerprint density at radius 1 is 1.26 bits per heavy atom. The van der Waals surface area contributed by atoms with Crippen molar-refractivity contribution in [2.75, 3.05) is 0 Å². The van der Waals surface area contributed by atoms with Gasteiger partial charge in [-0.1, -0.05) is 17.3 Å². The lowest BCUT2D eigenvalue weighted by Crippen LogP contribution is -2.59. The van der Waals surface area contributed by atoms with Gasteiger partial charge in [0.05, 0.1) is 11.7 Å². The van der Waals surface area contributed by atoms with E-state index in [1.807, 2.05) is 69.0 Å². The van der Waals surface area contributed by atoms with Crippen molar-refractivity contribution in [1.29, 1.82) is 0 Å². The highest BCUT2D eigenvalue weighted by molar-refractivity contribution is 7.90. The molecule has 164 valence electrons. The van der Waals surface area contributed by atoms with Gasteiger partial charge in [-0.25, -0.2) is 4.68 Å². The third-order valence-electron chi connectivity index (χ3n) is 6.78. The first-order valence-electron chi connectivity index (χ1n) is 10.9. The number of aromatic nitrogens is 4. The highest BCUT2D eigenvalue weighted by Gasteiger charge is 2.59. The number of fused-ring (bicyclic) bond motifs is 1. The monoisotopic (exact) mass is 439 g/mol. The van der Waals surface area contributed by atoms with Crippen molar-refractivity contribution in [3.8, 4) is 0 Å². The Balaban J connectivity index is 1.61. The molecule has 0 spiro atoms. The van der Waals surface area contributed by atoms with Gasteiger partial charge < -0.3 is 9.12 Å². The summed E-state index contributed by atoms with van der Waals surface area (Å²) in [5.41, 5.74) is 1.74. The maximum atomic E-state index is 13.1. The minimum absolute atomic E-state index is 0.0185. The molecule has 3 aromatic rings. The first-order valence-corrected chi connectivity index (χ1v) is 12.1. The standard InChI is InChI=1S/C23H29N5O2S/c1-5-27-10-9-16-17(7-6-8-18(16)21(27)29)20(25-31(30)22(2,3)4)19-14-28(26-24-19)23-11-15(12-23)13-23/h6-10,14-15,20,25H,5,11-13H2,1-4H3/t15?,20-,23?,31-/m0/s1. The maximum absolute atomic E-state index is 13.1. The third kappa shape index (κ3) is 3.32. The van der Waals surface area contributed by atoms with E-state index >= 15 is 0 Å². The Bertz CT molecular complexity index is 1180. The van der Waals surface area contributed by atoms with Crippen molar-refractivity contribution in [3.05, 3.63) is 58.3 Å². The van der Waals surface area contributed by atoms with Crippen LogP contribution in [0.15, 0.2) is 41.5 Å². The van der Waals surface area contributed by atoms with Gasteiger partial charge >= 0.3 is 0 Å². The second-order valence-electron chi connectivity index (χ2n) is 9.94.